The van der Waals surface area contributed by atoms with Gasteiger partial charge in [-0.3, -0.25) is 4.79 Å². The third-order valence-corrected chi connectivity index (χ3v) is 3.55. The van der Waals surface area contributed by atoms with Crippen molar-refractivity contribution in [3.63, 3.8) is 0 Å². The van der Waals surface area contributed by atoms with Crippen molar-refractivity contribution in [3.8, 4) is 6.07 Å². The summed E-state index contributed by atoms with van der Waals surface area (Å²) >= 11 is 1.74. The van der Waals surface area contributed by atoms with Crippen molar-refractivity contribution >= 4 is 17.2 Å². The number of carbonyl (C=O) groups excluding carboxylic acids is 1. The fourth-order valence-electron chi connectivity index (χ4n) is 1.40. The predicted molar refractivity (Wildman–Crippen MR) is 69.8 cm³/mol. The predicted octanol–water partition coefficient (Wildman–Crippen LogP) is 2.65. The number of carbonyl (C=O) groups is 1. The minimum absolute atomic E-state index is 0.0492. The topological polar surface area (TPSA) is 52.9 Å². The molecule has 1 atom stereocenters. The zero-order valence-corrected chi connectivity index (χ0v) is 11.5. The second kappa shape index (κ2) is 5.33. The first kappa shape index (κ1) is 13.7. The lowest BCUT2D eigenvalue weighted by Gasteiger charge is -2.19. The fraction of sp³-hybridized carbons (Fsp3) is 0.538. The molecule has 0 spiro atoms. The SMILES string of the molecule is Cc1ccc(CC(C)NC(=O)C(C)(C)C#N)s1. The van der Waals surface area contributed by atoms with Gasteiger partial charge in [-0.05, 0) is 39.8 Å². The Labute approximate surface area is 106 Å². The zero-order chi connectivity index (χ0) is 13.1. The summed E-state index contributed by atoms with van der Waals surface area (Å²) in [6, 6.07) is 6.21. The summed E-state index contributed by atoms with van der Waals surface area (Å²) < 4.78 is 0. The minimum atomic E-state index is -0.959. The van der Waals surface area contributed by atoms with E-state index < -0.39 is 5.41 Å². The van der Waals surface area contributed by atoms with Crippen LogP contribution >= 0.6 is 11.3 Å². The van der Waals surface area contributed by atoms with E-state index in [0.29, 0.717) is 0 Å². The molecule has 0 aliphatic carbocycles. The Kier molecular flexibility index (Phi) is 4.30. The number of nitrogens with zero attached hydrogens (tertiary/aromatic N) is 1. The molecule has 0 saturated carbocycles. The molecule has 3 nitrogen and oxygen atoms in total. The first-order valence-electron chi connectivity index (χ1n) is 5.62. The second-order valence-corrected chi connectivity index (χ2v) is 6.20. The third-order valence-electron chi connectivity index (χ3n) is 2.53. The van der Waals surface area contributed by atoms with E-state index in [1.54, 1.807) is 25.2 Å². The van der Waals surface area contributed by atoms with Crippen molar-refractivity contribution in [3.05, 3.63) is 21.9 Å². The molecule has 1 heterocycles. The maximum atomic E-state index is 11.8. The van der Waals surface area contributed by atoms with Gasteiger partial charge in [-0.1, -0.05) is 0 Å². The maximum absolute atomic E-state index is 11.8. The van der Waals surface area contributed by atoms with Crippen LogP contribution in [0.15, 0.2) is 12.1 Å². The van der Waals surface area contributed by atoms with E-state index in [1.165, 1.54) is 9.75 Å². The molecular formula is C13H18N2OS. The van der Waals surface area contributed by atoms with Crippen molar-refractivity contribution in [1.82, 2.24) is 5.32 Å². The van der Waals surface area contributed by atoms with Gasteiger partial charge < -0.3 is 5.32 Å². The fourth-order valence-corrected chi connectivity index (χ4v) is 2.42. The summed E-state index contributed by atoms with van der Waals surface area (Å²) in [5.41, 5.74) is -0.959. The summed E-state index contributed by atoms with van der Waals surface area (Å²) in [5.74, 6) is -0.208. The Morgan fingerprint density at radius 2 is 2.24 bits per heavy atom. The monoisotopic (exact) mass is 250 g/mol. The number of hydrogen-bond acceptors (Lipinski definition) is 3. The zero-order valence-electron chi connectivity index (χ0n) is 10.7. The molecule has 92 valence electrons. The molecule has 1 unspecified atom stereocenters. The number of hydrogen-bond donors (Lipinski definition) is 1. The molecule has 1 rings (SSSR count). The number of thiophene rings is 1. The normalized spacial score (nSPS) is 12.9. The summed E-state index contributed by atoms with van der Waals surface area (Å²) in [4.78, 5) is 14.3. The van der Waals surface area contributed by atoms with Gasteiger partial charge in [0.2, 0.25) is 5.91 Å². The van der Waals surface area contributed by atoms with Crippen LogP contribution in [0.25, 0.3) is 0 Å². The molecular weight excluding hydrogens is 232 g/mol. The van der Waals surface area contributed by atoms with Gasteiger partial charge in [-0.15, -0.1) is 11.3 Å². The Morgan fingerprint density at radius 3 is 2.71 bits per heavy atom. The standard InChI is InChI=1S/C13H18N2OS/c1-9(7-11-6-5-10(2)17-11)15-12(16)13(3,4)8-14/h5-6,9H,7H2,1-4H3,(H,15,16). The number of aryl methyl sites for hydroxylation is 1. The van der Waals surface area contributed by atoms with Crippen LogP contribution in [0.4, 0.5) is 0 Å². The first-order valence-corrected chi connectivity index (χ1v) is 6.44. The molecule has 0 aliphatic rings. The van der Waals surface area contributed by atoms with Crippen LogP contribution in [-0.4, -0.2) is 11.9 Å². The second-order valence-electron chi connectivity index (χ2n) is 4.83. The van der Waals surface area contributed by atoms with Gasteiger partial charge in [0.25, 0.3) is 0 Å². The molecule has 0 fully saturated rings. The van der Waals surface area contributed by atoms with Crippen molar-refractivity contribution in [1.29, 1.82) is 5.26 Å². The van der Waals surface area contributed by atoms with E-state index in [2.05, 4.69) is 24.4 Å². The van der Waals surface area contributed by atoms with Crippen LogP contribution in [0.3, 0.4) is 0 Å². The average Bonchev–Trinajstić information content (AvgIpc) is 2.63. The van der Waals surface area contributed by atoms with Crippen LogP contribution in [0, 0.1) is 23.7 Å². The lowest BCUT2D eigenvalue weighted by Crippen LogP contribution is -2.41. The molecule has 17 heavy (non-hydrogen) atoms. The summed E-state index contributed by atoms with van der Waals surface area (Å²) in [6.07, 6.45) is 0.811. The number of rotatable bonds is 4. The highest BCUT2D eigenvalue weighted by molar-refractivity contribution is 7.11. The Balaban J connectivity index is 2.54. The molecule has 0 radical (unpaired) electrons. The van der Waals surface area contributed by atoms with Gasteiger partial charge in [-0.2, -0.15) is 5.26 Å². The smallest absolute Gasteiger partial charge is 0.240 e. The highest BCUT2D eigenvalue weighted by Crippen LogP contribution is 2.18. The van der Waals surface area contributed by atoms with E-state index in [-0.39, 0.29) is 11.9 Å². The van der Waals surface area contributed by atoms with Gasteiger partial charge in [0, 0.05) is 22.2 Å². The highest BCUT2D eigenvalue weighted by atomic mass is 32.1. The van der Waals surface area contributed by atoms with Gasteiger partial charge in [0.15, 0.2) is 0 Å². The Morgan fingerprint density at radius 1 is 1.59 bits per heavy atom. The third kappa shape index (κ3) is 3.86. The quantitative estimate of drug-likeness (QED) is 0.893. The molecule has 1 aromatic heterocycles. The van der Waals surface area contributed by atoms with Gasteiger partial charge >= 0.3 is 0 Å². The van der Waals surface area contributed by atoms with Crippen LogP contribution in [0.5, 0.6) is 0 Å². The number of nitrogens with one attached hydrogen (secondary N) is 1. The Hall–Kier alpha value is -1.34. The van der Waals surface area contributed by atoms with E-state index in [1.807, 2.05) is 13.0 Å². The van der Waals surface area contributed by atoms with E-state index in [9.17, 15) is 4.79 Å². The van der Waals surface area contributed by atoms with Crippen molar-refractivity contribution < 1.29 is 4.79 Å². The average molecular weight is 250 g/mol. The maximum Gasteiger partial charge on any atom is 0.240 e. The number of nitriles is 1. The lowest BCUT2D eigenvalue weighted by atomic mass is 9.94. The summed E-state index contributed by atoms with van der Waals surface area (Å²) in [5, 5.41) is 11.7. The molecule has 1 amide bonds. The first-order chi connectivity index (χ1) is 7.85. The Bertz CT molecular complexity index is 443. The highest BCUT2D eigenvalue weighted by Gasteiger charge is 2.28. The van der Waals surface area contributed by atoms with E-state index >= 15 is 0 Å². The molecule has 4 heteroatoms. The molecule has 0 bridgehead atoms. The molecule has 1 N–H and O–H groups in total. The molecule has 0 aliphatic heterocycles. The summed E-state index contributed by atoms with van der Waals surface area (Å²) in [6.45, 7) is 7.28. The minimum Gasteiger partial charge on any atom is -0.352 e. The lowest BCUT2D eigenvalue weighted by molar-refractivity contribution is -0.127. The van der Waals surface area contributed by atoms with Crippen molar-refractivity contribution in [2.45, 2.75) is 40.2 Å². The van der Waals surface area contributed by atoms with Crippen molar-refractivity contribution in [2.24, 2.45) is 5.41 Å². The van der Waals surface area contributed by atoms with Crippen LogP contribution in [0.1, 0.15) is 30.5 Å². The van der Waals surface area contributed by atoms with E-state index in [0.717, 1.165) is 6.42 Å². The van der Waals surface area contributed by atoms with E-state index in [4.69, 9.17) is 5.26 Å². The molecule has 0 aromatic carbocycles. The molecule has 0 saturated heterocycles. The van der Waals surface area contributed by atoms with Crippen molar-refractivity contribution in [2.75, 3.05) is 0 Å². The van der Waals surface area contributed by atoms with Gasteiger partial charge in [0.1, 0.15) is 5.41 Å². The van der Waals surface area contributed by atoms with Gasteiger partial charge in [-0.25, -0.2) is 0 Å². The number of amides is 1. The summed E-state index contributed by atoms with van der Waals surface area (Å²) in [7, 11) is 0. The van der Waals surface area contributed by atoms with Crippen LogP contribution < -0.4 is 5.32 Å². The van der Waals surface area contributed by atoms with Crippen LogP contribution in [0.2, 0.25) is 0 Å². The largest absolute Gasteiger partial charge is 0.352 e. The van der Waals surface area contributed by atoms with Gasteiger partial charge in [0.05, 0.1) is 6.07 Å². The molecule has 1 aromatic rings. The van der Waals surface area contributed by atoms with Crippen LogP contribution in [-0.2, 0) is 11.2 Å².